The van der Waals surface area contributed by atoms with Crippen molar-refractivity contribution in [2.45, 2.75) is 70.2 Å². The molecule has 17 heavy (non-hydrogen) atoms. The Morgan fingerprint density at radius 1 is 1.24 bits per heavy atom. The zero-order chi connectivity index (χ0) is 12.5. The summed E-state index contributed by atoms with van der Waals surface area (Å²) in [5.74, 6) is 0. The van der Waals surface area contributed by atoms with Gasteiger partial charge < -0.3 is 10.1 Å². The minimum Gasteiger partial charge on any atom is -0.443 e. The topological polar surface area (TPSA) is 62.4 Å². The lowest BCUT2D eigenvalue weighted by Gasteiger charge is -2.30. The van der Waals surface area contributed by atoms with Crippen molar-refractivity contribution < 1.29 is 9.53 Å². The van der Waals surface area contributed by atoms with Crippen molar-refractivity contribution >= 4 is 6.09 Å². The van der Waals surface area contributed by atoms with Gasteiger partial charge in [0.2, 0.25) is 0 Å². The molecule has 5 nitrogen and oxygen atoms in total. The number of hydrogen-bond acceptors (Lipinski definition) is 4. The maximum Gasteiger partial charge on any atom is 0.422 e. The summed E-state index contributed by atoms with van der Waals surface area (Å²) in [5, 5.41) is 3.56. The van der Waals surface area contributed by atoms with Crippen molar-refractivity contribution in [3.05, 3.63) is 0 Å². The van der Waals surface area contributed by atoms with Gasteiger partial charge in [-0.1, -0.05) is 0 Å². The van der Waals surface area contributed by atoms with Gasteiger partial charge in [-0.25, -0.2) is 10.2 Å². The second-order valence-corrected chi connectivity index (χ2v) is 6.08. The van der Waals surface area contributed by atoms with Crippen molar-refractivity contribution in [3.63, 3.8) is 0 Å². The second-order valence-electron chi connectivity index (χ2n) is 6.08. The third-order valence-electron chi connectivity index (χ3n) is 3.25. The normalized spacial score (nSPS) is 32.3. The highest BCUT2D eigenvalue weighted by atomic mass is 16.6. The molecule has 0 aromatic rings. The maximum absolute atomic E-state index is 11.5. The predicted octanol–water partition coefficient (Wildman–Crippen LogP) is 1.30. The van der Waals surface area contributed by atoms with E-state index in [0.29, 0.717) is 18.1 Å². The molecule has 0 unspecified atom stereocenters. The number of rotatable bonds is 2. The highest BCUT2D eigenvalue weighted by molar-refractivity contribution is 5.67. The Morgan fingerprint density at radius 2 is 1.82 bits per heavy atom. The van der Waals surface area contributed by atoms with Crippen molar-refractivity contribution in [2.24, 2.45) is 0 Å². The van der Waals surface area contributed by atoms with Crippen LogP contribution in [-0.2, 0) is 4.74 Å². The minimum atomic E-state index is -0.446. The first kappa shape index (κ1) is 12.6. The van der Waals surface area contributed by atoms with E-state index in [1.807, 2.05) is 20.8 Å². The summed E-state index contributed by atoms with van der Waals surface area (Å²) < 4.78 is 5.17. The zero-order valence-corrected chi connectivity index (χ0v) is 10.9. The number of hydrazine groups is 1. The number of carbonyl (C=O) groups is 1. The summed E-state index contributed by atoms with van der Waals surface area (Å²) in [5.41, 5.74) is 5.27. The number of ether oxygens (including phenoxy) is 1. The van der Waals surface area contributed by atoms with Crippen molar-refractivity contribution in [1.29, 1.82) is 0 Å². The molecule has 2 rings (SSSR count). The van der Waals surface area contributed by atoms with Crippen LogP contribution in [0.1, 0.15) is 46.5 Å². The molecule has 2 fully saturated rings. The number of fused-ring (bicyclic) bond motifs is 2. The maximum atomic E-state index is 11.5. The van der Waals surface area contributed by atoms with E-state index in [9.17, 15) is 4.79 Å². The Morgan fingerprint density at radius 3 is 2.35 bits per heavy atom. The molecule has 0 aliphatic carbocycles. The van der Waals surface area contributed by atoms with Gasteiger partial charge >= 0.3 is 6.09 Å². The monoisotopic (exact) mass is 241 g/mol. The Labute approximate surface area is 103 Å². The van der Waals surface area contributed by atoms with E-state index < -0.39 is 11.7 Å². The third-order valence-corrected chi connectivity index (χ3v) is 3.25. The number of carbonyl (C=O) groups excluding carboxylic acids is 1. The van der Waals surface area contributed by atoms with E-state index in [0.717, 1.165) is 12.8 Å². The van der Waals surface area contributed by atoms with E-state index >= 15 is 0 Å². The Bertz CT molecular complexity index is 276. The van der Waals surface area contributed by atoms with Crippen LogP contribution in [0.3, 0.4) is 0 Å². The molecule has 1 amide bonds. The highest BCUT2D eigenvalue weighted by Crippen LogP contribution is 2.26. The fraction of sp³-hybridized carbons (Fsp3) is 0.917. The van der Waals surface area contributed by atoms with Crippen LogP contribution in [-0.4, -0.2) is 29.8 Å². The molecule has 0 aromatic heterocycles. The Hall–Kier alpha value is -0.810. The Balaban J connectivity index is 1.70. The molecular weight excluding hydrogens is 218 g/mol. The average Bonchev–Trinajstić information content (AvgIpc) is 2.53. The lowest BCUT2D eigenvalue weighted by atomic mass is 10.0. The molecule has 2 saturated heterocycles. The molecule has 2 bridgehead atoms. The van der Waals surface area contributed by atoms with Crippen LogP contribution in [0.25, 0.3) is 0 Å². The molecule has 2 heterocycles. The zero-order valence-electron chi connectivity index (χ0n) is 10.9. The lowest BCUT2D eigenvalue weighted by Crippen LogP contribution is -2.52. The van der Waals surface area contributed by atoms with Gasteiger partial charge in [-0.2, -0.15) is 0 Å². The number of nitrogens with one attached hydrogen (secondary N) is 3. The molecule has 5 heteroatoms. The van der Waals surface area contributed by atoms with Gasteiger partial charge in [-0.3, -0.25) is 5.43 Å². The number of piperidine rings is 1. The van der Waals surface area contributed by atoms with Crippen molar-refractivity contribution in [3.8, 4) is 0 Å². The van der Waals surface area contributed by atoms with E-state index in [1.165, 1.54) is 12.8 Å². The quantitative estimate of drug-likeness (QED) is 0.638. The smallest absolute Gasteiger partial charge is 0.422 e. The Kier molecular flexibility index (Phi) is 3.58. The van der Waals surface area contributed by atoms with Crippen LogP contribution >= 0.6 is 0 Å². The minimum absolute atomic E-state index is 0.362. The summed E-state index contributed by atoms with van der Waals surface area (Å²) in [6.45, 7) is 5.58. The summed E-state index contributed by atoms with van der Waals surface area (Å²) in [7, 11) is 0. The second kappa shape index (κ2) is 4.82. The molecule has 2 atom stereocenters. The lowest BCUT2D eigenvalue weighted by molar-refractivity contribution is 0.0480. The van der Waals surface area contributed by atoms with Crippen LogP contribution in [0.4, 0.5) is 4.79 Å². The van der Waals surface area contributed by atoms with E-state index in [2.05, 4.69) is 16.2 Å². The standard InChI is InChI=1S/C12H23N3O2/c1-12(2,3)17-11(16)15-14-10-6-8-4-5-9(7-10)13-8/h8-10,13-14H,4-7H2,1-3H3,(H,15,16)/t8-,9-/m0/s1. The summed E-state index contributed by atoms with van der Waals surface area (Å²) in [4.78, 5) is 11.5. The molecule has 0 aromatic carbocycles. The van der Waals surface area contributed by atoms with Gasteiger partial charge in [0.25, 0.3) is 0 Å². The fourth-order valence-corrected chi connectivity index (χ4v) is 2.64. The molecular formula is C12H23N3O2. The summed E-state index contributed by atoms with van der Waals surface area (Å²) in [6.07, 6.45) is 4.27. The SMILES string of the molecule is CC(C)(C)OC(=O)NNC1C[C@@H]2CC[C@@H](C1)N2. The molecule has 0 radical (unpaired) electrons. The number of amides is 1. The first-order chi connectivity index (χ1) is 7.92. The van der Waals surface area contributed by atoms with E-state index in [4.69, 9.17) is 4.74 Å². The van der Waals surface area contributed by atoms with Gasteiger partial charge in [-0.05, 0) is 46.5 Å². The van der Waals surface area contributed by atoms with Crippen LogP contribution in [0, 0.1) is 0 Å². The molecule has 0 saturated carbocycles. The average molecular weight is 241 g/mol. The van der Waals surface area contributed by atoms with Gasteiger partial charge in [0, 0.05) is 18.1 Å². The van der Waals surface area contributed by atoms with Gasteiger partial charge in [-0.15, -0.1) is 0 Å². The molecule has 98 valence electrons. The predicted molar refractivity (Wildman–Crippen MR) is 65.5 cm³/mol. The van der Waals surface area contributed by atoms with Gasteiger partial charge in [0.15, 0.2) is 0 Å². The molecule has 3 N–H and O–H groups in total. The molecule has 0 spiro atoms. The third kappa shape index (κ3) is 3.85. The van der Waals surface area contributed by atoms with Gasteiger partial charge in [0.1, 0.15) is 5.60 Å². The van der Waals surface area contributed by atoms with Crippen LogP contribution in [0.15, 0.2) is 0 Å². The van der Waals surface area contributed by atoms with E-state index in [1.54, 1.807) is 0 Å². The van der Waals surface area contributed by atoms with Crippen molar-refractivity contribution in [2.75, 3.05) is 0 Å². The van der Waals surface area contributed by atoms with Crippen LogP contribution < -0.4 is 16.2 Å². The largest absolute Gasteiger partial charge is 0.443 e. The number of hydrogen-bond donors (Lipinski definition) is 3. The van der Waals surface area contributed by atoms with Gasteiger partial charge in [0.05, 0.1) is 0 Å². The highest BCUT2D eigenvalue weighted by Gasteiger charge is 2.33. The summed E-state index contributed by atoms with van der Waals surface area (Å²) in [6, 6.07) is 1.60. The molecule has 2 aliphatic heterocycles. The summed E-state index contributed by atoms with van der Waals surface area (Å²) >= 11 is 0. The fourth-order valence-electron chi connectivity index (χ4n) is 2.64. The first-order valence-corrected chi connectivity index (χ1v) is 6.43. The van der Waals surface area contributed by atoms with Crippen molar-refractivity contribution in [1.82, 2.24) is 16.2 Å². The van der Waals surface area contributed by atoms with Crippen LogP contribution in [0.2, 0.25) is 0 Å². The van der Waals surface area contributed by atoms with E-state index in [-0.39, 0.29) is 0 Å². The first-order valence-electron chi connectivity index (χ1n) is 6.43. The molecule has 2 aliphatic rings. The van der Waals surface area contributed by atoms with Crippen LogP contribution in [0.5, 0.6) is 0 Å².